The van der Waals surface area contributed by atoms with E-state index in [9.17, 15) is 13.2 Å². The molecule has 1 fully saturated rings. The zero-order valence-electron chi connectivity index (χ0n) is 10.9. The molecule has 1 aromatic rings. The van der Waals surface area contributed by atoms with Crippen molar-refractivity contribution in [3.05, 3.63) is 34.9 Å². The smallest absolute Gasteiger partial charge is 0.166 e. The highest BCUT2D eigenvalue weighted by molar-refractivity contribution is 7.91. The Kier molecular flexibility index (Phi) is 3.21. The minimum atomic E-state index is -2.99. The van der Waals surface area contributed by atoms with Crippen LogP contribution in [0.5, 0.6) is 0 Å². The van der Waals surface area contributed by atoms with Gasteiger partial charge in [-0.15, -0.1) is 0 Å². The first-order chi connectivity index (χ1) is 9.05. The molecule has 1 saturated heterocycles. The van der Waals surface area contributed by atoms with Gasteiger partial charge in [-0.3, -0.25) is 4.79 Å². The highest BCUT2D eigenvalue weighted by atomic mass is 32.2. The number of rotatable bonds is 2. The Morgan fingerprint density at radius 3 is 2.53 bits per heavy atom. The Labute approximate surface area is 113 Å². The Bertz CT molecular complexity index is 616. The molecular formula is C15H18O3S. The zero-order chi connectivity index (χ0) is 13.5. The van der Waals surface area contributed by atoms with E-state index < -0.39 is 9.84 Å². The van der Waals surface area contributed by atoms with Crippen molar-refractivity contribution in [3.8, 4) is 0 Å². The van der Waals surface area contributed by atoms with Gasteiger partial charge in [-0.1, -0.05) is 12.1 Å². The number of ketones is 1. The molecule has 2 aliphatic rings. The average Bonchev–Trinajstić information content (AvgIpc) is 2.78. The van der Waals surface area contributed by atoms with E-state index in [2.05, 4.69) is 0 Å². The number of sulfone groups is 1. The van der Waals surface area contributed by atoms with Gasteiger partial charge in [-0.05, 0) is 49.3 Å². The summed E-state index contributed by atoms with van der Waals surface area (Å²) in [6.07, 6.45) is 5.03. The van der Waals surface area contributed by atoms with Crippen LogP contribution in [0.25, 0.3) is 0 Å². The largest absolute Gasteiger partial charge is 0.294 e. The maximum absolute atomic E-state index is 12.4. The van der Waals surface area contributed by atoms with Gasteiger partial charge in [0.2, 0.25) is 0 Å². The number of carbonyl (C=O) groups excluding carboxylic acids is 1. The predicted molar refractivity (Wildman–Crippen MR) is 74.2 cm³/mol. The first kappa shape index (κ1) is 12.9. The van der Waals surface area contributed by atoms with Gasteiger partial charge in [0.15, 0.2) is 15.6 Å². The maximum atomic E-state index is 12.4. The lowest BCUT2D eigenvalue weighted by molar-refractivity contribution is 0.0933. The Morgan fingerprint density at radius 2 is 1.84 bits per heavy atom. The summed E-state index contributed by atoms with van der Waals surface area (Å²) in [4.78, 5) is 12.4. The third-order valence-corrected chi connectivity index (χ3v) is 6.00. The second-order valence-corrected chi connectivity index (χ2v) is 7.88. The zero-order valence-corrected chi connectivity index (χ0v) is 11.7. The van der Waals surface area contributed by atoms with E-state index in [-0.39, 0.29) is 23.2 Å². The minimum Gasteiger partial charge on any atom is -0.294 e. The number of carbonyl (C=O) groups is 1. The van der Waals surface area contributed by atoms with E-state index >= 15 is 0 Å². The third-order valence-electron chi connectivity index (χ3n) is 4.24. The Hall–Kier alpha value is -1.16. The van der Waals surface area contributed by atoms with Crippen LogP contribution in [0.2, 0.25) is 0 Å². The molecule has 0 aromatic heterocycles. The first-order valence-corrected chi connectivity index (χ1v) is 8.74. The van der Waals surface area contributed by atoms with Gasteiger partial charge in [0.1, 0.15) is 0 Å². The van der Waals surface area contributed by atoms with Crippen molar-refractivity contribution >= 4 is 15.6 Å². The van der Waals surface area contributed by atoms with E-state index in [0.29, 0.717) is 12.0 Å². The van der Waals surface area contributed by atoms with Crippen LogP contribution in [0.3, 0.4) is 0 Å². The normalized spacial score (nSPS) is 24.9. The fourth-order valence-electron chi connectivity index (χ4n) is 3.12. The topological polar surface area (TPSA) is 51.2 Å². The average molecular weight is 278 g/mol. The molecule has 0 amide bonds. The molecule has 3 rings (SSSR count). The van der Waals surface area contributed by atoms with Gasteiger partial charge in [-0.25, -0.2) is 8.42 Å². The number of aryl methyl sites for hydroxylation is 2. The molecule has 1 aliphatic heterocycles. The van der Waals surface area contributed by atoms with Crippen molar-refractivity contribution in [2.45, 2.75) is 32.1 Å². The summed E-state index contributed by atoms with van der Waals surface area (Å²) in [5.74, 6) is -0.127. The summed E-state index contributed by atoms with van der Waals surface area (Å²) in [5.41, 5.74) is 3.32. The molecule has 19 heavy (non-hydrogen) atoms. The van der Waals surface area contributed by atoms with E-state index in [0.717, 1.165) is 12.8 Å². The van der Waals surface area contributed by atoms with Crippen molar-refractivity contribution in [2.24, 2.45) is 5.92 Å². The third kappa shape index (κ3) is 2.59. The number of benzene rings is 1. The highest BCUT2D eigenvalue weighted by Gasteiger charge is 2.33. The van der Waals surface area contributed by atoms with Gasteiger partial charge >= 0.3 is 0 Å². The number of Topliss-reactive ketones (excluding diaryl/α,β-unsaturated/α-hetero) is 1. The highest BCUT2D eigenvalue weighted by Crippen LogP contribution is 2.26. The van der Waals surface area contributed by atoms with Gasteiger partial charge in [0, 0.05) is 11.5 Å². The lowest BCUT2D eigenvalue weighted by atomic mass is 9.88. The Morgan fingerprint density at radius 1 is 1.11 bits per heavy atom. The summed E-state index contributed by atoms with van der Waals surface area (Å²) in [6.45, 7) is 0. The summed E-state index contributed by atoms with van der Waals surface area (Å²) in [5, 5.41) is 0. The summed E-state index contributed by atoms with van der Waals surface area (Å²) < 4.78 is 22.9. The van der Waals surface area contributed by atoms with Crippen LogP contribution in [-0.2, 0) is 22.7 Å². The molecule has 0 bridgehead atoms. The van der Waals surface area contributed by atoms with Crippen molar-refractivity contribution in [3.63, 3.8) is 0 Å². The fraction of sp³-hybridized carbons (Fsp3) is 0.533. The van der Waals surface area contributed by atoms with Crippen LogP contribution in [0.4, 0.5) is 0 Å². The van der Waals surface area contributed by atoms with Crippen molar-refractivity contribution in [2.75, 3.05) is 11.5 Å². The molecule has 1 atom stereocenters. The van der Waals surface area contributed by atoms with Gasteiger partial charge < -0.3 is 0 Å². The summed E-state index contributed by atoms with van der Waals surface area (Å²) in [7, 11) is -2.99. The number of hydrogen-bond acceptors (Lipinski definition) is 3. The number of fused-ring (bicyclic) bond motifs is 1. The molecule has 0 N–H and O–H groups in total. The molecule has 4 heteroatoms. The second kappa shape index (κ2) is 4.75. The monoisotopic (exact) mass is 278 g/mol. The van der Waals surface area contributed by atoms with Crippen molar-refractivity contribution in [1.29, 1.82) is 0 Å². The summed E-state index contributed by atoms with van der Waals surface area (Å²) >= 11 is 0. The van der Waals surface area contributed by atoms with Crippen molar-refractivity contribution in [1.82, 2.24) is 0 Å². The standard InChI is InChI=1S/C15H18O3S/c16-15(14-7-8-19(17,18)10-14)13-6-5-11-3-1-2-4-12(11)9-13/h5-6,9,14H,1-4,7-8,10H2. The van der Waals surface area contributed by atoms with E-state index in [1.807, 2.05) is 18.2 Å². The molecular weight excluding hydrogens is 260 g/mol. The van der Waals surface area contributed by atoms with E-state index in [1.54, 1.807) is 0 Å². The number of hydrogen-bond donors (Lipinski definition) is 0. The minimum absolute atomic E-state index is 0.00875. The molecule has 1 aliphatic carbocycles. The lowest BCUT2D eigenvalue weighted by Crippen LogP contribution is -2.17. The van der Waals surface area contributed by atoms with Crippen LogP contribution < -0.4 is 0 Å². The van der Waals surface area contributed by atoms with Crippen LogP contribution >= 0.6 is 0 Å². The second-order valence-electron chi connectivity index (χ2n) is 5.65. The fourth-order valence-corrected chi connectivity index (χ4v) is 4.87. The maximum Gasteiger partial charge on any atom is 0.166 e. The molecule has 3 nitrogen and oxygen atoms in total. The SMILES string of the molecule is O=C(c1ccc2c(c1)CCCC2)C1CCS(=O)(=O)C1. The molecule has 1 aromatic carbocycles. The van der Waals surface area contributed by atoms with Gasteiger partial charge in [0.25, 0.3) is 0 Å². The van der Waals surface area contributed by atoms with Gasteiger partial charge in [0.05, 0.1) is 11.5 Å². The molecule has 0 spiro atoms. The van der Waals surface area contributed by atoms with Crippen LogP contribution in [-0.4, -0.2) is 25.7 Å². The predicted octanol–water partition coefficient (Wildman–Crippen LogP) is 2.18. The molecule has 1 unspecified atom stereocenters. The summed E-state index contributed by atoms with van der Waals surface area (Å²) in [6, 6.07) is 5.91. The molecule has 102 valence electrons. The van der Waals surface area contributed by atoms with Crippen LogP contribution in [0, 0.1) is 5.92 Å². The van der Waals surface area contributed by atoms with Crippen molar-refractivity contribution < 1.29 is 13.2 Å². The molecule has 0 saturated carbocycles. The van der Waals surface area contributed by atoms with Gasteiger partial charge in [-0.2, -0.15) is 0 Å². The lowest BCUT2D eigenvalue weighted by Gasteiger charge is -2.17. The van der Waals surface area contributed by atoms with Crippen LogP contribution in [0.15, 0.2) is 18.2 Å². The molecule has 1 heterocycles. The van der Waals surface area contributed by atoms with E-state index in [1.165, 1.54) is 24.0 Å². The first-order valence-electron chi connectivity index (χ1n) is 6.92. The quantitative estimate of drug-likeness (QED) is 0.779. The Balaban J connectivity index is 1.84. The van der Waals surface area contributed by atoms with Crippen LogP contribution in [0.1, 0.15) is 40.7 Å². The molecule has 0 radical (unpaired) electrons. The van der Waals surface area contributed by atoms with E-state index in [4.69, 9.17) is 0 Å².